The Labute approximate surface area is 217 Å². The van der Waals surface area contributed by atoms with Crippen LogP contribution in [0.2, 0.25) is 0 Å². The number of carboxylic acid groups (broad SMARTS) is 1. The van der Waals surface area contributed by atoms with Crippen LogP contribution in [0.4, 0.5) is 5.13 Å². The summed E-state index contributed by atoms with van der Waals surface area (Å²) in [6.07, 6.45) is 3.79. The number of aryl methyl sites for hydroxylation is 1. The highest BCUT2D eigenvalue weighted by Gasteiger charge is 2.39. The molecule has 1 aromatic carbocycles. The van der Waals surface area contributed by atoms with Crippen LogP contribution in [-0.4, -0.2) is 37.6 Å². The van der Waals surface area contributed by atoms with Crippen molar-refractivity contribution < 1.29 is 19.1 Å². The monoisotopic (exact) mass is 520 g/mol. The molecule has 37 heavy (non-hydrogen) atoms. The summed E-state index contributed by atoms with van der Waals surface area (Å²) in [5, 5.41) is 11.9. The number of aromatic nitrogens is 3. The zero-order valence-electron chi connectivity index (χ0n) is 20.9. The summed E-state index contributed by atoms with van der Waals surface area (Å²) in [6, 6.07) is 9.58. The predicted octanol–water partition coefficient (Wildman–Crippen LogP) is 4.95. The molecular formula is C27H28N4O5S. The Kier molecular flexibility index (Phi) is 6.68. The van der Waals surface area contributed by atoms with Gasteiger partial charge in [0, 0.05) is 41.7 Å². The molecule has 0 spiro atoms. The SMILES string of the molecule is CC(C)C[C@H](CC(=O)O)C(=O)N(c1nc(-c2ccccc2-c2cnc3c(c2)oc(=O)n3C)cs1)C1CC1. The van der Waals surface area contributed by atoms with Crippen LogP contribution in [0.5, 0.6) is 0 Å². The van der Waals surface area contributed by atoms with Crippen molar-refractivity contribution in [3.8, 4) is 22.4 Å². The molecule has 1 aliphatic carbocycles. The van der Waals surface area contributed by atoms with E-state index in [-0.39, 0.29) is 24.3 Å². The number of carbonyl (C=O) groups excluding carboxylic acids is 1. The molecule has 3 heterocycles. The van der Waals surface area contributed by atoms with Crippen LogP contribution in [0.15, 0.2) is 51.1 Å². The van der Waals surface area contributed by atoms with Gasteiger partial charge in [-0.15, -0.1) is 11.3 Å². The van der Waals surface area contributed by atoms with Gasteiger partial charge in [-0.2, -0.15) is 0 Å². The Morgan fingerprint density at radius 1 is 1.24 bits per heavy atom. The zero-order valence-corrected chi connectivity index (χ0v) is 21.7. The van der Waals surface area contributed by atoms with Gasteiger partial charge in [0.05, 0.1) is 12.1 Å². The van der Waals surface area contributed by atoms with Crippen LogP contribution in [-0.2, 0) is 16.6 Å². The molecule has 0 saturated heterocycles. The Balaban J connectivity index is 1.50. The lowest BCUT2D eigenvalue weighted by Crippen LogP contribution is -2.39. The lowest BCUT2D eigenvalue weighted by molar-refractivity contribution is -0.140. The van der Waals surface area contributed by atoms with Crippen LogP contribution >= 0.6 is 11.3 Å². The number of benzene rings is 1. The molecule has 10 heteroatoms. The highest BCUT2D eigenvalue weighted by molar-refractivity contribution is 7.14. The number of fused-ring (bicyclic) bond motifs is 1. The van der Waals surface area contributed by atoms with E-state index in [4.69, 9.17) is 9.40 Å². The van der Waals surface area contributed by atoms with Crippen LogP contribution in [0.25, 0.3) is 33.6 Å². The molecule has 1 fully saturated rings. The number of rotatable bonds is 9. The van der Waals surface area contributed by atoms with E-state index in [1.54, 1.807) is 24.2 Å². The minimum absolute atomic E-state index is 0.0535. The highest BCUT2D eigenvalue weighted by Crippen LogP contribution is 2.39. The maximum absolute atomic E-state index is 13.6. The van der Waals surface area contributed by atoms with Crippen molar-refractivity contribution in [1.29, 1.82) is 0 Å². The molecule has 192 valence electrons. The van der Waals surface area contributed by atoms with Crippen molar-refractivity contribution in [2.75, 3.05) is 4.90 Å². The number of pyridine rings is 1. The van der Waals surface area contributed by atoms with Crippen molar-refractivity contribution >= 4 is 39.6 Å². The van der Waals surface area contributed by atoms with Crippen molar-refractivity contribution in [1.82, 2.24) is 14.5 Å². The molecule has 0 bridgehead atoms. The van der Waals surface area contributed by atoms with E-state index in [0.29, 0.717) is 28.5 Å². The van der Waals surface area contributed by atoms with Crippen molar-refractivity contribution in [2.45, 2.75) is 45.6 Å². The van der Waals surface area contributed by atoms with Gasteiger partial charge in [0.25, 0.3) is 0 Å². The Hall–Kier alpha value is -3.79. The molecule has 1 N–H and O–H groups in total. The molecule has 0 unspecified atom stereocenters. The molecule has 0 aliphatic heterocycles. The van der Waals surface area contributed by atoms with E-state index in [9.17, 15) is 19.5 Å². The number of carboxylic acids is 1. The second kappa shape index (κ2) is 9.93. The smallest absolute Gasteiger partial charge is 0.420 e. The Morgan fingerprint density at radius 3 is 2.65 bits per heavy atom. The number of oxazole rings is 1. The lowest BCUT2D eigenvalue weighted by Gasteiger charge is -2.25. The van der Waals surface area contributed by atoms with Gasteiger partial charge in [-0.3, -0.25) is 19.1 Å². The molecule has 5 rings (SSSR count). The average molecular weight is 521 g/mol. The topological polar surface area (TPSA) is 119 Å². The zero-order chi connectivity index (χ0) is 26.3. The predicted molar refractivity (Wildman–Crippen MR) is 141 cm³/mol. The number of amides is 1. The maximum atomic E-state index is 13.6. The number of aliphatic carboxylic acids is 1. The van der Waals surface area contributed by atoms with Crippen LogP contribution in [0.3, 0.4) is 0 Å². The van der Waals surface area contributed by atoms with E-state index < -0.39 is 17.6 Å². The molecule has 1 saturated carbocycles. The second-order valence-corrected chi connectivity index (χ2v) is 10.7. The summed E-state index contributed by atoms with van der Waals surface area (Å²) in [5.41, 5.74) is 4.09. The van der Waals surface area contributed by atoms with Gasteiger partial charge in [-0.1, -0.05) is 38.1 Å². The van der Waals surface area contributed by atoms with Gasteiger partial charge < -0.3 is 9.52 Å². The molecule has 1 atom stereocenters. The first kappa shape index (κ1) is 24.9. The van der Waals surface area contributed by atoms with Crippen LogP contribution in [0, 0.1) is 11.8 Å². The summed E-state index contributed by atoms with van der Waals surface area (Å²) >= 11 is 1.38. The summed E-state index contributed by atoms with van der Waals surface area (Å²) in [4.78, 5) is 47.9. The van der Waals surface area contributed by atoms with E-state index in [2.05, 4.69) is 4.98 Å². The molecule has 1 amide bonds. The van der Waals surface area contributed by atoms with Crippen molar-refractivity contribution in [2.24, 2.45) is 18.9 Å². The largest absolute Gasteiger partial charge is 0.481 e. The van der Waals surface area contributed by atoms with Gasteiger partial charge in [0.15, 0.2) is 16.4 Å². The normalized spacial score (nSPS) is 14.3. The van der Waals surface area contributed by atoms with Gasteiger partial charge in [-0.05, 0) is 36.8 Å². The molecule has 9 nitrogen and oxygen atoms in total. The summed E-state index contributed by atoms with van der Waals surface area (Å²) in [6.45, 7) is 3.99. The van der Waals surface area contributed by atoms with Gasteiger partial charge in [-0.25, -0.2) is 14.8 Å². The number of anilines is 1. The number of nitrogens with zero attached hydrogens (tertiary/aromatic N) is 4. The third-order valence-corrected chi connectivity index (χ3v) is 7.35. The van der Waals surface area contributed by atoms with E-state index in [1.165, 1.54) is 15.9 Å². The summed E-state index contributed by atoms with van der Waals surface area (Å²) < 4.78 is 6.68. The van der Waals surface area contributed by atoms with Gasteiger partial charge >= 0.3 is 11.7 Å². The Morgan fingerprint density at radius 2 is 1.97 bits per heavy atom. The van der Waals surface area contributed by atoms with E-state index in [0.717, 1.165) is 29.5 Å². The number of thiazole rings is 1. The fraction of sp³-hybridized carbons (Fsp3) is 0.370. The lowest BCUT2D eigenvalue weighted by atomic mass is 9.93. The second-order valence-electron chi connectivity index (χ2n) is 9.90. The minimum atomic E-state index is -0.969. The molecule has 1 aliphatic rings. The van der Waals surface area contributed by atoms with E-state index in [1.807, 2.05) is 43.5 Å². The fourth-order valence-corrected chi connectivity index (χ4v) is 5.53. The first-order valence-electron chi connectivity index (χ1n) is 12.3. The quantitative estimate of drug-likeness (QED) is 0.332. The molecular weight excluding hydrogens is 492 g/mol. The van der Waals surface area contributed by atoms with Gasteiger partial charge in [0.2, 0.25) is 5.91 Å². The number of carbonyl (C=O) groups is 2. The first-order valence-corrected chi connectivity index (χ1v) is 13.2. The minimum Gasteiger partial charge on any atom is -0.481 e. The highest BCUT2D eigenvalue weighted by atomic mass is 32.1. The molecule has 3 aromatic heterocycles. The standard InChI is InChI=1S/C27H28N4O5S/c1-15(2)10-16(12-23(32)33)25(34)31(18-8-9-18)26-29-21(14-37-26)20-7-5-4-6-19(20)17-11-22-24(28-13-17)30(3)27(35)36-22/h4-7,11,13-16,18H,8-10,12H2,1-3H3,(H,32,33)/t16-/m1/s1. The number of hydrogen-bond donors (Lipinski definition) is 1. The van der Waals surface area contributed by atoms with Crippen molar-refractivity contribution in [3.05, 3.63) is 52.5 Å². The van der Waals surface area contributed by atoms with Gasteiger partial charge in [0.1, 0.15) is 0 Å². The Bertz CT molecular complexity index is 1530. The average Bonchev–Trinajstić information content (AvgIpc) is 3.50. The fourth-order valence-electron chi connectivity index (χ4n) is 4.63. The maximum Gasteiger partial charge on any atom is 0.420 e. The third-order valence-electron chi connectivity index (χ3n) is 6.51. The first-order chi connectivity index (χ1) is 17.7. The molecule has 4 aromatic rings. The van der Waals surface area contributed by atoms with Crippen LogP contribution in [0.1, 0.15) is 39.5 Å². The summed E-state index contributed by atoms with van der Waals surface area (Å²) in [7, 11) is 1.61. The van der Waals surface area contributed by atoms with Crippen molar-refractivity contribution in [3.63, 3.8) is 0 Å². The number of hydrogen-bond acceptors (Lipinski definition) is 7. The van der Waals surface area contributed by atoms with E-state index >= 15 is 0 Å². The van der Waals surface area contributed by atoms with Crippen LogP contribution < -0.4 is 10.7 Å². The molecule has 0 radical (unpaired) electrons. The summed E-state index contributed by atoms with van der Waals surface area (Å²) in [5.74, 6) is -1.99. The third kappa shape index (κ3) is 5.06.